The van der Waals surface area contributed by atoms with Gasteiger partial charge in [-0.3, -0.25) is 0 Å². The van der Waals surface area contributed by atoms with E-state index in [0.717, 1.165) is 26.3 Å². The zero-order valence-corrected chi connectivity index (χ0v) is 12.7. The summed E-state index contributed by atoms with van der Waals surface area (Å²) in [7, 11) is 1.40. The van der Waals surface area contributed by atoms with Crippen LogP contribution in [-0.2, 0) is 4.74 Å². The number of nitrogens with one attached hydrogen (secondary N) is 1. The molecule has 0 saturated carbocycles. The lowest BCUT2D eigenvalue weighted by atomic mass is 10.2. The number of aromatic nitrogens is 1. The fraction of sp³-hybridized carbons (Fsp3) is 0.118. The number of aromatic amines is 1. The van der Waals surface area contributed by atoms with Crippen molar-refractivity contribution >= 4 is 28.6 Å². The third-order valence-electron chi connectivity index (χ3n) is 3.26. The summed E-state index contributed by atoms with van der Waals surface area (Å²) in [5.74, 6) is -0.345. The van der Waals surface area contributed by atoms with Crippen LogP contribution in [0.3, 0.4) is 0 Å². The first-order valence-corrected chi connectivity index (χ1v) is 7.44. The standard InChI is InChI=1S/C17H15NO2S/c1-11-8-9-13-14(10-11)18-15(17(19)20-2)16(13)21-12-6-4-3-5-7-12/h3-10,18H,1-2H3. The van der Waals surface area contributed by atoms with Crippen LogP contribution in [0.1, 0.15) is 16.1 Å². The Morgan fingerprint density at radius 2 is 1.90 bits per heavy atom. The number of hydrogen-bond donors (Lipinski definition) is 1. The van der Waals surface area contributed by atoms with Gasteiger partial charge in [0.2, 0.25) is 0 Å². The molecular weight excluding hydrogens is 282 g/mol. The lowest BCUT2D eigenvalue weighted by Gasteiger charge is -2.03. The van der Waals surface area contributed by atoms with Crippen LogP contribution < -0.4 is 0 Å². The van der Waals surface area contributed by atoms with Gasteiger partial charge in [-0.2, -0.15) is 0 Å². The summed E-state index contributed by atoms with van der Waals surface area (Å²) in [5, 5.41) is 1.04. The van der Waals surface area contributed by atoms with E-state index >= 15 is 0 Å². The Kier molecular flexibility index (Phi) is 3.71. The largest absolute Gasteiger partial charge is 0.464 e. The van der Waals surface area contributed by atoms with Gasteiger partial charge in [-0.15, -0.1) is 0 Å². The molecule has 0 bridgehead atoms. The van der Waals surface area contributed by atoms with Crippen molar-refractivity contribution in [1.29, 1.82) is 0 Å². The van der Waals surface area contributed by atoms with Crippen LogP contribution in [0.15, 0.2) is 58.3 Å². The average molecular weight is 297 g/mol. The average Bonchev–Trinajstić information content (AvgIpc) is 2.85. The van der Waals surface area contributed by atoms with Gasteiger partial charge in [-0.05, 0) is 30.7 Å². The second kappa shape index (κ2) is 5.66. The number of hydrogen-bond acceptors (Lipinski definition) is 3. The fourth-order valence-corrected chi connectivity index (χ4v) is 3.30. The number of methoxy groups -OCH3 is 1. The Balaban J connectivity index is 2.15. The predicted molar refractivity (Wildman–Crippen MR) is 84.9 cm³/mol. The highest BCUT2D eigenvalue weighted by molar-refractivity contribution is 7.99. The highest BCUT2D eigenvalue weighted by Crippen LogP contribution is 2.37. The summed E-state index contributed by atoms with van der Waals surface area (Å²) in [6.45, 7) is 2.03. The summed E-state index contributed by atoms with van der Waals surface area (Å²) in [4.78, 5) is 17.2. The molecule has 21 heavy (non-hydrogen) atoms. The molecule has 3 rings (SSSR count). The first-order chi connectivity index (χ1) is 10.2. The lowest BCUT2D eigenvalue weighted by molar-refractivity contribution is 0.0591. The van der Waals surface area contributed by atoms with E-state index in [4.69, 9.17) is 4.74 Å². The van der Waals surface area contributed by atoms with Crippen LogP contribution in [0.5, 0.6) is 0 Å². The molecular formula is C17H15NO2S. The number of benzene rings is 2. The number of ether oxygens (including phenoxy) is 1. The minimum atomic E-state index is -0.345. The molecule has 1 aromatic heterocycles. The van der Waals surface area contributed by atoms with Gasteiger partial charge in [0.1, 0.15) is 5.69 Å². The monoisotopic (exact) mass is 297 g/mol. The van der Waals surface area contributed by atoms with E-state index in [9.17, 15) is 4.79 Å². The molecule has 106 valence electrons. The van der Waals surface area contributed by atoms with Gasteiger partial charge >= 0.3 is 5.97 Å². The molecule has 1 N–H and O–H groups in total. The van der Waals surface area contributed by atoms with E-state index in [1.807, 2.05) is 55.5 Å². The van der Waals surface area contributed by atoms with Crippen LogP contribution >= 0.6 is 11.8 Å². The predicted octanol–water partition coefficient (Wildman–Crippen LogP) is 4.41. The molecule has 0 fully saturated rings. The maximum atomic E-state index is 12.0. The third-order valence-corrected chi connectivity index (χ3v) is 4.40. The highest BCUT2D eigenvalue weighted by Gasteiger charge is 2.19. The zero-order valence-electron chi connectivity index (χ0n) is 11.8. The normalized spacial score (nSPS) is 10.8. The number of rotatable bonds is 3. The van der Waals surface area contributed by atoms with Gasteiger partial charge in [-0.25, -0.2) is 4.79 Å². The van der Waals surface area contributed by atoms with E-state index in [1.54, 1.807) is 11.8 Å². The van der Waals surface area contributed by atoms with Gasteiger partial charge in [0.05, 0.1) is 12.0 Å². The molecule has 4 heteroatoms. The van der Waals surface area contributed by atoms with Crippen molar-refractivity contribution in [3.8, 4) is 0 Å². The fourth-order valence-electron chi connectivity index (χ4n) is 2.24. The van der Waals surface area contributed by atoms with Crippen molar-refractivity contribution < 1.29 is 9.53 Å². The molecule has 1 heterocycles. The number of carbonyl (C=O) groups is 1. The molecule has 0 spiro atoms. The summed E-state index contributed by atoms with van der Waals surface area (Å²) < 4.78 is 4.89. The van der Waals surface area contributed by atoms with Gasteiger partial charge in [0.15, 0.2) is 0 Å². The second-order valence-corrected chi connectivity index (χ2v) is 5.87. The van der Waals surface area contributed by atoms with E-state index in [0.29, 0.717) is 5.69 Å². The Hall–Kier alpha value is -2.20. The van der Waals surface area contributed by atoms with E-state index in [2.05, 4.69) is 4.98 Å². The molecule has 2 aromatic carbocycles. The first-order valence-electron chi connectivity index (χ1n) is 6.62. The first kappa shape index (κ1) is 13.8. The van der Waals surface area contributed by atoms with E-state index in [1.165, 1.54) is 7.11 Å². The molecule has 0 atom stereocenters. The summed E-state index contributed by atoms with van der Waals surface area (Å²) in [6.07, 6.45) is 0. The van der Waals surface area contributed by atoms with Crippen LogP contribution in [0, 0.1) is 6.92 Å². The number of H-pyrrole nitrogens is 1. The van der Waals surface area contributed by atoms with E-state index in [-0.39, 0.29) is 5.97 Å². The number of aryl methyl sites for hydroxylation is 1. The minimum Gasteiger partial charge on any atom is -0.464 e. The van der Waals surface area contributed by atoms with Crippen molar-refractivity contribution in [2.24, 2.45) is 0 Å². The van der Waals surface area contributed by atoms with Crippen molar-refractivity contribution in [3.05, 3.63) is 59.8 Å². The maximum absolute atomic E-state index is 12.0. The van der Waals surface area contributed by atoms with Crippen molar-refractivity contribution in [3.63, 3.8) is 0 Å². The molecule has 0 aliphatic rings. The number of fused-ring (bicyclic) bond motifs is 1. The SMILES string of the molecule is COC(=O)c1[nH]c2cc(C)ccc2c1Sc1ccccc1. The van der Waals surface area contributed by atoms with Crippen molar-refractivity contribution in [1.82, 2.24) is 4.98 Å². The molecule has 3 nitrogen and oxygen atoms in total. The van der Waals surface area contributed by atoms with Gasteiger partial charge in [0.25, 0.3) is 0 Å². The topological polar surface area (TPSA) is 42.1 Å². The summed E-state index contributed by atoms with van der Waals surface area (Å²) >= 11 is 1.57. The quantitative estimate of drug-likeness (QED) is 0.728. The minimum absolute atomic E-state index is 0.345. The van der Waals surface area contributed by atoms with Crippen LogP contribution in [0.4, 0.5) is 0 Å². The van der Waals surface area contributed by atoms with E-state index < -0.39 is 0 Å². The molecule has 0 aliphatic carbocycles. The summed E-state index contributed by atoms with van der Waals surface area (Å²) in [5.41, 5.74) is 2.61. The van der Waals surface area contributed by atoms with Crippen LogP contribution in [0.2, 0.25) is 0 Å². The molecule has 3 aromatic rings. The number of esters is 1. The van der Waals surface area contributed by atoms with Gasteiger partial charge < -0.3 is 9.72 Å². The third kappa shape index (κ3) is 2.67. The van der Waals surface area contributed by atoms with Crippen LogP contribution in [-0.4, -0.2) is 18.1 Å². The Morgan fingerprint density at radius 1 is 1.14 bits per heavy atom. The van der Waals surface area contributed by atoms with Crippen molar-refractivity contribution in [2.45, 2.75) is 16.7 Å². The molecule has 0 unspecified atom stereocenters. The zero-order chi connectivity index (χ0) is 14.8. The molecule has 0 amide bonds. The van der Waals surface area contributed by atoms with Gasteiger partial charge in [0, 0.05) is 15.8 Å². The second-order valence-electron chi connectivity index (χ2n) is 4.78. The maximum Gasteiger partial charge on any atom is 0.355 e. The number of carbonyl (C=O) groups excluding carboxylic acids is 1. The Labute approximate surface area is 127 Å². The lowest BCUT2D eigenvalue weighted by Crippen LogP contribution is -2.02. The van der Waals surface area contributed by atoms with Crippen molar-refractivity contribution in [2.75, 3.05) is 7.11 Å². The van der Waals surface area contributed by atoms with Crippen LogP contribution in [0.25, 0.3) is 10.9 Å². The Morgan fingerprint density at radius 3 is 2.62 bits per heavy atom. The molecule has 0 radical (unpaired) electrons. The summed E-state index contributed by atoms with van der Waals surface area (Å²) in [6, 6.07) is 16.1. The molecule has 0 aliphatic heterocycles. The smallest absolute Gasteiger partial charge is 0.355 e. The van der Waals surface area contributed by atoms with Gasteiger partial charge in [-0.1, -0.05) is 42.1 Å². The Bertz CT molecular complexity index is 793. The highest BCUT2D eigenvalue weighted by atomic mass is 32.2. The molecule has 0 saturated heterocycles.